The highest BCUT2D eigenvalue weighted by atomic mass is 32.1. The summed E-state index contributed by atoms with van der Waals surface area (Å²) in [6, 6.07) is 5.55. The van der Waals surface area contributed by atoms with Crippen LogP contribution >= 0.6 is 11.5 Å². The first kappa shape index (κ1) is 17.7. The number of hydrogen-bond donors (Lipinski definition) is 2. The first-order chi connectivity index (χ1) is 11.3. The highest BCUT2D eigenvalue weighted by molar-refractivity contribution is 7.11. The minimum atomic E-state index is -1.20. The molecule has 0 aliphatic heterocycles. The van der Waals surface area contributed by atoms with E-state index in [1.807, 2.05) is 32.0 Å². The van der Waals surface area contributed by atoms with E-state index in [9.17, 15) is 14.7 Å². The van der Waals surface area contributed by atoms with E-state index in [4.69, 9.17) is 4.74 Å². The Balaban J connectivity index is 2.19. The molecule has 2 N–H and O–H groups in total. The molecule has 1 aromatic carbocycles. The molecule has 1 aromatic heterocycles. The van der Waals surface area contributed by atoms with Crippen LogP contribution in [0.1, 0.15) is 27.0 Å². The van der Waals surface area contributed by atoms with Crippen molar-refractivity contribution >= 4 is 28.5 Å². The van der Waals surface area contributed by atoms with Crippen LogP contribution in [0.5, 0.6) is 5.88 Å². The molecule has 0 fully saturated rings. The average Bonchev–Trinajstić information content (AvgIpc) is 2.86. The lowest BCUT2D eigenvalue weighted by molar-refractivity contribution is 0.0693. The Hall–Kier alpha value is -2.61. The molecule has 128 valence electrons. The molecule has 2 amide bonds. The van der Waals surface area contributed by atoms with Crippen LogP contribution in [0.25, 0.3) is 0 Å². The van der Waals surface area contributed by atoms with Gasteiger partial charge in [-0.1, -0.05) is 29.3 Å². The molecule has 0 unspecified atom stereocenters. The smallest absolute Gasteiger partial charge is 0.344 e. The molecule has 0 spiro atoms. The van der Waals surface area contributed by atoms with Crippen molar-refractivity contribution < 1.29 is 19.4 Å². The fourth-order valence-corrected chi connectivity index (χ4v) is 2.88. The van der Waals surface area contributed by atoms with Crippen LogP contribution in [0.2, 0.25) is 0 Å². The second-order valence-electron chi connectivity index (χ2n) is 5.61. The van der Waals surface area contributed by atoms with E-state index in [1.54, 1.807) is 14.1 Å². The lowest BCUT2D eigenvalue weighted by Crippen LogP contribution is -2.27. The van der Waals surface area contributed by atoms with Gasteiger partial charge in [-0.25, -0.2) is 9.59 Å². The monoisotopic (exact) mass is 349 g/mol. The highest BCUT2D eigenvalue weighted by Crippen LogP contribution is 2.31. The van der Waals surface area contributed by atoms with E-state index in [0.29, 0.717) is 0 Å². The lowest BCUT2D eigenvalue weighted by Gasteiger charge is -2.11. The van der Waals surface area contributed by atoms with E-state index in [2.05, 4.69) is 9.69 Å². The highest BCUT2D eigenvalue weighted by Gasteiger charge is 2.23. The Morgan fingerprint density at radius 3 is 2.42 bits per heavy atom. The third kappa shape index (κ3) is 4.23. The van der Waals surface area contributed by atoms with Gasteiger partial charge in [0.25, 0.3) is 0 Å². The van der Waals surface area contributed by atoms with E-state index >= 15 is 0 Å². The number of nitrogens with one attached hydrogen (secondary N) is 1. The SMILES string of the molecule is Cc1cc(C)cc(COc2nsc(NC(=O)N(C)C)c2C(=O)O)c1. The standard InChI is InChI=1S/C16H19N3O4S/c1-9-5-10(2)7-11(6-9)8-23-13-12(15(20)21)14(24-18-13)17-16(22)19(3)4/h5-7H,8H2,1-4H3,(H,17,22)(H,20,21). The van der Waals surface area contributed by atoms with Crippen LogP contribution in [0.3, 0.4) is 0 Å². The lowest BCUT2D eigenvalue weighted by atomic mass is 10.1. The Bertz CT molecular complexity index is 750. The molecule has 0 saturated heterocycles. The molecular weight excluding hydrogens is 330 g/mol. The summed E-state index contributed by atoms with van der Waals surface area (Å²) in [4.78, 5) is 24.5. The van der Waals surface area contributed by atoms with Crippen molar-refractivity contribution in [3.8, 4) is 5.88 Å². The van der Waals surface area contributed by atoms with Gasteiger partial charge in [-0.15, -0.1) is 0 Å². The van der Waals surface area contributed by atoms with Crippen molar-refractivity contribution in [2.24, 2.45) is 0 Å². The second-order valence-corrected chi connectivity index (χ2v) is 6.38. The number of aryl methyl sites for hydroxylation is 2. The Morgan fingerprint density at radius 2 is 1.88 bits per heavy atom. The van der Waals surface area contributed by atoms with E-state index in [-0.39, 0.29) is 23.1 Å². The number of amides is 2. The first-order valence-corrected chi connectivity index (χ1v) is 7.96. The van der Waals surface area contributed by atoms with Gasteiger partial charge in [0.05, 0.1) is 0 Å². The number of aromatic carboxylic acids is 1. The number of urea groups is 1. The number of anilines is 1. The molecule has 2 rings (SSSR count). The maximum Gasteiger partial charge on any atom is 0.344 e. The Labute approximate surface area is 144 Å². The number of carbonyl (C=O) groups excluding carboxylic acids is 1. The van der Waals surface area contributed by atoms with Crippen molar-refractivity contribution in [3.63, 3.8) is 0 Å². The summed E-state index contributed by atoms with van der Waals surface area (Å²) in [6.07, 6.45) is 0. The number of carboxylic acids is 1. The van der Waals surface area contributed by atoms with Crippen molar-refractivity contribution in [1.82, 2.24) is 9.27 Å². The number of rotatable bonds is 5. The first-order valence-electron chi connectivity index (χ1n) is 7.19. The van der Waals surface area contributed by atoms with E-state index in [0.717, 1.165) is 28.2 Å². The number of aromatic nitrogens is 1. The molecule has 0 saturated carbocycles. The summed E-state index contributed by atoms with van der Waals surface area (Å²) in [6.45, 7) is 4.17. The maximum absolute atomic E-state index is 11.7. The number of ether oxygens (including phenoxy) is 1. The molecular formula is C16H19N3O4S. The van der Waals surface area contributed by atoms with Crippen LogP contribution in [0, 0.1) is 13.8 Å². The Kier molecular flexibility index (Phi) is 5.40. The molecule has 0 aliphatic rings. The van der Waals surface area contributed by atoms with Crippen molar-refractivity contribution in [1.29, 1.82) is 0 Å². The Morgan fingerprint density at radius 1 is 1.25 bits per heavy atom. The predicted molar refractivity (Wildman–Crippen MR) is 92.0 cm³/mol. The summed E-state index contributed by atoms with van der Waals surface area (Å²) in [5.74, 6) is -1.20. The summed E-state index contributed by atoms with van der Waals surface area (Å²) < 4.78 is 9.59. The van der Waals surface area contributed by atoms with E-state index < -0.39 is 12.0 Å². The fraction of sp³-hybridized carbons (Fsp3) is 0.312. The molecule has 8 heteroatoms. The number of hydrogen-bond acceptors (Lipinski definition) is 5. The van der Waals surface area contributed by atoms with Crippen molar-refractivity contribution in [3.05, 3.63) is 40.5 Å². The van der Waals surface area contributed by atoms with Gasteiger partial charge in [-0.05, 0) is 30.9 Å². The number of carbonyl (C=O) groups is 2. The van der Waals surface area contributed by atoms with Gasteiger partial charge < -0.3 is 14.7 Å². The normalized spacial score (nSPS) is 10.3. The van der Waals surface area contributed by atoms with Gasteiger partial charge in [-0.2, -0.15) is 4.37 Å². The zero-order chi connectivity index (χ0) is 17.9. The third-order valence-corrected chi connectivity index (χ3v) is 3.90. The van der Waals surface area contributed by atoms with Gasteiger partial charge in [-0.3, -0.25) is 5.32 Å². The second kappa shape index (κ2) is 7.31. The molecule has 0 aliphatic carbocycles. The summed E-state index contributed by atoms with van der Waals surface area (Å²) in [7, 11) is 3.13. The maximum atomic E-state index is 11.7. The van der Waals surface area contributed by atoms with Crippen LogP contribution in [-0.4, -0.2) is 40.5 Å². The van der Waals surface area contributed by atoms with E-state index in [1.165, 1.54) is 4.90 Å². The quantitative estimate of drug-likeness (QED) is 0.865. The average molecular weight is 349 g/mol. The molecule has 0 atom stereocenters. The van der Waals surface area contributed by atoms with Gasteiger partial charge in [0, 0.05) is 14.1 Å². The summed E-state index contributed by atoms with van der Waals surface area (Å²) in [5, 5.41) is 12.1. The predicted octanol–water partition coefficient (Wildman–Crippen LogP) is 3.13. The van der Waals surface area contributed by atoms with Crippen molar-refractivity contribution in [2.45, 2.75) is 20.5 Å². The van der Waals surface area contributed by atoms with Gasteiger partial charge in [0.15, 0.2) is 5.56 Å². The molecule has 2 aromatic rings. The molecule has 7 nitrogen and oxygen atoms in total. The number of carboxylic acid groups (broad SMARTS) is 1. The largest absolute Gasteiger partial charge is 0.477 e. The minimum absolute atomic E-state index is 0.000662. The van der Waals surface area contributed by atoms with Crippen molar-refractivity contribution in [2.75, 3.05) is 19.4 Å². The zero-order valence-corrected chi connectivity index (χ0v) is 14.7. The zero-order valence-electron chi connectivity index (χ0n) is 13.9. The fourth-order valence-electron chi connectivity index (χ4n) is 2.16. The van der Waals surface area contributed by atoms with Gasteiger partial charge >= 0.3 is 12.0 Å². The number of nitrogens with zero attached hydrogens (tertiary/aromatic N) is 2. The van der Waals surface area contributed by atoms with Gasteiger partial charge in [0.1, 0.15) is 11.6 Å². The van der Waals surface area contributed by atoms with Crippen LogP contribution in [-0.2, 0) is 6.61 Å². The molecule has 0 bridgehead atoms. The molecule has 1 heterocycles. The molecule has 0 radical (unpaired) electrons. The minimum Gasteiger partial charge on any atom is -0.477 e. The number of benzene rings is 1. The van der Waals surface area contributed by atoms with Crippen LogP contribution < -0.4 is 10.1 Å². The summed E-state index contributed by atoms with van der Waals surface area (Å²) >= 11 is 0.877. The third-order valence-electron chi connectivity index (χ3n) is 3.16. The van der Waals surface area contributed by atoms with Crippen LogP contribution in [0.15, 0.2) is 18.2 Å². The topological polar surface area (TPSA) is 91.8 Å². The van der Waals surface area contributed by atoms with Gasteiger partial charge in [0.2, 0.25) is 5.88 Å². The molecule has 24 heavy (non-hydrogen) atoms. The summed E-state index contributed by atoms with van der Waals surface area (Å²) in [5.41, 5.74) is 2.99. The van der Waals surface area contributed by atoms with Crippen LogP contribution in [0.4, 0.5) is 9.80 Å².